The van der Waals surface area contributed by atoms with Gasteiger partial charge in [-0.25, -0.2) is 9.97 Å². The molecule has 4 aromatic heterocycles. The zero-order chi connectivity index (χ0) is 32.2. The molecule has 0 amide bonds. The number of thiazole rings is 1. The van der Waals surface area contributed by atoms with Gasteiger partial charge in [-0.05, 0) is 93.7 Å². The van der Waals surface area contributed by atoms with Gasteiger partial charge in [0.25, 0.3) is 5.56 Å². The van der Waals surface area contributed by atoms with Crippen LogP contribution in [0, 0.1) is 24.2 Å². The number of piperidine rings is 1. The maximum Gasteiger partial charge on any atom is 0.264 e. The van der Waals surface area contributed by atoms with E-state index in [9.17, 15) is 10.1 Å². The normalized spacial score (nSPS) is 14.8. The minimum atomic E-state index is -0.338. The van der Waals surface area contributed by atoms with Crippen molar-refractivity contribution < 1.29 is 0 Å². The molecule has 11 heteroatoms. The van der Waals surface area contributed by atoms with Crippen molar-refractivity contribution in [1.82, 2.24) is 29.2 Å². The Balaban J connectivity index is 1.20. The van der Waals surface area contributed by atoms with Gasteiger partial charge in [0, 0.05) is 36.9 Å². The van der Waals surface area contributed by atoms with E-state index in [4.69, 9.17) is 5.73 Å². The Morgan fingerprint density at radius 1 is 1.15 bits per heavy atom. The summed E-state index contributed by atoms with van der Waals surface area (Å²) in [5, 5.41) is 15.0. The first-order valence-electron chi connectivity index (χ1n) is 15.6. The molecule has 1 fully saturated rings. The van der Waals surface area contributed by atoms with Crippen molar-refractivity contribution in [3.8, 4) is 17.2 Å². The number of nitriles is 1. The van der Waals surface area contributed by atoms with Crippen molar-refractivity contribution in [3.05, 3.63) is 105 Å². The molecule has 3 N–H and O–H groups in total. The molecular formula is C35H39N9OS. The first-order valence-corrected chi connectivity index (χ1v) is 16.5. The van der Waals surface area contributed by atoms with Crippen LogP contribution >= 0.6 is 11.3 Å². The van der Waals surface area contributed by atoms with E-state index in [1.165, 1.54) is 23.2 Å². The number of nitrogen functional groups attached to an aromatic ring is 1. The lowest BCUT2D eigenvalue weighted by atomic mass is 9.94. The number of benzene rings is 1. The molecule has 0 radical (unpaired) electrons. The Morgan fingerprint density at radius 2 is 1.98 bits per heavy atom. The van der Waals surface area contributed by atoms with Gasteiger partial charge < -0.3 is 16.0 Å². The molecule has 236 valence electrons. The molecule has 0 aliphatic carbocycles. The summed E-state index contributed by atoms with van der Waals surface area (Å²) < 4.78 is 1.78. The van der Waals surface area contributed by atoms with Crippen LogP contribution in [0.2, 0.25) is 0 Å². The smallest absolute Gasteiger partial charge is 0.264 e. The lowest BCUT2D eigenvalue weighted by molar-refractivity contribution is 0.146. The van der Waals surface area contributed by atoms with Crippen LogP contribution in [-0.4, -0.2) is 55.8 Å². The number of rotatable bonds is 10. The second-order valence-corrected chi connectivity index (χ2v) is 13.1. The molecule has 46 heavy (non-hydrogen) atoms. The SMILES string of the molecule is Cc1csc2cc([C@H](C)Nc3ncnc(N)c3C#N)c(-c3cccc(CN4CCC(CN(C)Cc5ccccn5)CC4)c3)c(=O)n12. The van der Waals surface area contributed by atoms with Gasteiger partial charge in [-0.1, -0.05) is 24.3 Å². The summed E-state index contributed by atoms with van der Waals surface area (Å²) >= 11 is 1.53. The van der Waals surface area contributed by atoms with Gasteiger partial charge in [0.1, 0.15) is 34.4 Å². The molecule has 0 unspecified atom stereocenters. The van der Waals surface area contributed by atoms with Crippen molar-refractivity contribution in [3.63, 3.8) is 0 Å². The third kappa shape index (κ3) is 6.79. The van der Waals surface area contributed by atoms with Crippen molar-refractivity contribution in [2.75, 3.05) is 37.7 Å². The van der Waals surface area contributed by atoms with Crippen LogP contribution in [0.5, 0.6) is 0 Å². The summed E-state index contributed by atoms with van der Waals surface area (Å²) in [5.74, 6) is 1.13. The minimum Gasteiger partial charge on any atom is -0.382 e. The molecule has 1 saturated heterocycles. The van der Waals surface area contributed by atoms with Gasteiger partial charge in [-0.3, -0.25) is 19.1 Å². The first kappa shape index (κ1) is 31.4. The van der Waals surface area contributed by atoms with E-state index in [-0.39, 0.29) is 23.0 Å². The Morgan fingerprint density at radius 3 is 2.74 bits per heavy atom. The Hall–Kier alpha value is -4.63. The summed E-state index contributed by atoms with van der Waals surface area (Å²) in [5.41, 5.74) is 11.6. The summed E-state index contributed by atoms with van der Waals surface area (Å²) in [4.78, 5) is 32.6. The topological polar surface area (TPSA) is 128 Å². The second kappa shape index (κ2) is 13.8. The maximum absolute atomic E-state index is 14.1. The van der Waals surface area contributed by atoms with Crippen molar-refractivity contribution >= 4 is 27.8 Å². The number of pyridine rings is 2. The number of aryl methyl sites for hydroxylation is 1. The van der Waals surface area contributed by atoms with Gasteiger partial charge in [0.15, 0.2) is 0 Å². The highest BCUT2D eigenvalue weighted by Gasteiger charge is 2.23. The molecule has 10 nitrogen and oxygen atoms in total. The summed E-state index contributed by atoms with van der Waals surface area (Å²) in [6.07, 6.45) is 5.51. The van der Waals surface area contributed by atoms with Crippen LogP contribution in [0.25, 0.3) is 16.0 Å². The molecule has 0 spiro atoms. The maximum atomic E-state index is 14.1. The van der Waals surface area contributed by atoms with E-state index in [1.807, 2.05) is 49.7 Å². The second-order valence-electron chi connectivity index (χ2n) is 12.2. The fourth-order valence-corrected chi connectivity index (χ4v) is 7.37. The quantitative estimate of drug-likeness (QED) is 0.205. The number of fused-ring (bicyclic) bond motifs is 1. The third-order valence-electron chi connectivity index (χ3n) is 8.77. The number of likely N-dealkylation sites (tertiary alicyclic amines) is 1. The van der Waals surface area contributed by atoms with E-state index in [2.05, 4.69) is 67.5 Å². The number of nitrogens with zero attached hydrogens (tertiary/aromatic N) is 7. The van der Waals surface area contributed by atoms with E-state index in [0.29, 0.717) is 17.3 Å². The third-order valence-corrected chi connectivity index (χ3v) is 9.77. The number of hydrogen-bond acceptors (Lipinski definition) is 10. The van der Waals surface area contributed by atoms with Crippen LogP contribution in [0.1, 0.15) is 53.9 Å². The fraction of sp³-hybridized carbons (Fsp3) is 0.343. The summed E-state index contributed by atoms with van der Waals surface area (Å²) in [7, 11) is 2.18. The average molecular weight is 634 g/mol. The van der Waals surface area contributed by atoms with Crippen molar-refractivity contribution in [1.29, 1.82) is 5.26 Å². The Bertz CT molecular complexity index is 1920. The predicted molar refractivity (Wildman–Crippen MR) is 183 cm³/mol. The molecule has 0 bridgehead atoms. The fourth-order valence-electron chi connectivity index (χ4n) is 6.44. The summed E-state index contributed by atoms with van der Waals surface area (Å²) in [6.45, 7) is 8.79. The van der Waals surface area contributed by atoms with Crippen molar-refractivity contribution in [2.45, 2.75) is 45.8 Å². The van der Waals surface area contributed by atoms with Gasteiger partial charge in [0.2, 0.25) is 0 Å². The molecule has 1 aliphatic heterocycles. The van der Waals surface area contributed by atoms with Crippen LogP contribution < -0.4 is 16.6 Å². The Kier molecular flexibility index (Phi) is 9.40. The summed E-state index contributed by atoms with van der Waals surface area (Å²) in [6, 6.07) is 18.2. The minimum absolute atomic E-state index is 0.0598. The van der Waals surface area contributed by atoms with E-state index in [0.717, 1.165) is 72.9 Å². The highest BCUT2D eigenvalue weighted by Crippen LogP contribution is 2.32. The average Bonchev–Trinajstić information content (AvgIpc) is 3.43. The molecule has 1 aliphatic rings. The van der Waals surface area contributed by atoms with Gasteiger partial charge in [-0.15, -0.1) is 11.3 Å². The Labute approximate surface area is 273 Å². The molecule has 6 rings (SSSR count). The van der Waals surface area contributed by atoms with Gasteiger partial charge in [-0.2, -0.15) is 5.26 Å². The monoisotopic (exact) mass is 633 g/mol. The number of nitrogens with two attached hydrogens (primary N) is 1. The van der Waals surface area contributed by atoms with Crippen LogP contribution in [-0.2, 0) is 13.1 Å². The van der Waals surface area contributed by atoms with E-state index >= 15 is 0 Å². The molecule has 0 saturated carbocycles. The van der Waals surface area contributed by atoms with Crippen LogP contribution in [0.15, 0.2) is 71.2 Å². The number of hydrogen-bond donors (Lipinski definition) is 2. The van der Waals surface area contributed by atoms with Gasteiger partial charge in [0.05, 0.1) is 17.3 Å². The molecule has 5 aromatic rings. The number of anilines is 2. The number of nitrogens with one attached hydrogen (secondary N) is 1. The van der Waals surface area contributed by atoms with Crippen LogP contribution in [0.4, 0.5) is 11.6 Å². The highest BCUT2D eigenvalue weighted by molar-refractivity contribution is 7.15. The van der Waals surface area contributed by atoms with Crippen LogP contribution in [0.3, 0.4) is 0 Å². The molecule has 5 heterocycles. The molecule has 1 aromatic carbocycles. The molecule has 1 atom stereocenters. The first-order chi connectivity index (χ1) is 22.3. The zero-order valence-electron chi connectivity index (χ0n) is 26.5. The molecular weight excluding hydrogens is 595 g/mol. The highest BCUT2D eigenvalue weighted by atomic mass is 32.1. The predicted octanol–water partition coefficient (Wildman–Crippen LogP) is 5.49. The lowest BCUT2D eigenvalue weighted by Gasteiger charge is -2.34. The lowest BCUT2D eigenvalue weighted by Crippen LogP contribution is -2.37. The standard InChI is InChI=1S/C35H39N9OS/c1-23-21-46-31-16-29(24(2)41-34-30(17-36)33(37)39-22-40-34)32(35(45)44(23)31)27-8-6-7-26(15-27)19-43-13-10-25(11-14-43)18-42(3)20-28-9-4-5-12-38-28/h4-9,12,15-16,21-22,24-25H,10-11,13-14,18-20H2,1-3H3,(H3,37,39,40,41)/t24-/m0/s1. The zero-order valence-corrected chi connectivity index (χ0v) is 27.3. The van der Waals surface area contributed by atoms with Crippen molar-refractivity contribution in [2.24, 2.45) is 5.92 Å². The number of aromatic nitrogens is 4. The van der Waals surface area contributed by atoms with E-state index < -0.39 is 0 Å². The van der Waals surface area contributed by atoms with E-state index in [1.54, 1.807) is 4.40 Å². The van der Waals surface area contributed by atoms with Gasteiger partial charge >= 0.3 is 0 Å². The largest absolute Gasteiger partial charge is 0.382 e.